The van der Waals surface area contributed by atoms with Gasteiger partial charge in [-0.15, -0.1) is 0 Å². The molecule has 0 saturated heterocycles. The second-order valence-corrected chi connectivity index (χ2v) is 4.93. The largest absolute Gasteiger partial charge is 0.497 e. The summed E-state index contributed by atoms with van der Waals surface area (Å²) in [6, 6.07) is 11.9. The molecule has 0 radical (unpaired) electrons. The Morgan fingerprint density at radius 2 is 1.54 bits per heavy atom. The normalized spacial score (nSPS) is 10.5. The van der Waals surface area contributed by atoms with Gasteiger partial charge in [0.05, 0.1) is 19.8 Å². The van der Waals surface area contributed by atoms with Crippen molar-refractivity contribution in [2.24, 2.45) is 0 Å². The topological polar surface area (TPSA) is 112 Å². The van der Waals surface area contributed by atoms with Crippen molar-refractivity contribution in [2.75, 3.05) is 34.5 Å². The fourth-order valence-corrected chi connectivity index (χ4v) is 2.02. The SMILES string of the molecule is C.CO.COc1ccc(OCC(=O)O)cc1.COc1ccc2c(c1)C(=O)CO2. The van der Waals surface area contributed by atoms with Crippen LogP contribution in [0.4, 0.5) is 0 Å². The number of methoxy groups -OCH3 is 2. The van der Waals surface area contributed by atoms with E-state index in [4.69, 9.17) is 29.2 Å². The molecule has 0 aromatic heterocycles. The Kier molecular flexibility index (Phi) is 11.5. The molecular formula is C20H26O8. The van der Waals surface area contributed by atoms with Gasteiger partial charge in [0.1, 0.15) is 23.0 Å². The molecular weight excluding hydrogens is 368 g/mol. The number of hydrogen-bond acceptors (Lipinski definition) is 7. The number of aliphatic hydroxyl groups is 1. The third kappa shape index (κ3) is 7.55. The molecule has 0 fully saturated rings. The Morgan fingerprint density at radius 1 is 1.00 bits per heavy atom. The number of carbonyl (C=O) groups excluding carboxylic acids is 1. The smallest absolute Gasteiger partial charge is 0.341 e. The summed E-state index contributed by atoms with van der Waals surface area (Å²) in [4.78, 5) is 21.3. The number of carboxylic acids is 1. The van der Waals surface area contributed by atoms with E-state index in [2.05, 4.69) is 0 Å². The lowest BCUT2D eigenvalue weighted by atomic mass is 10.1. The van der Waals surface area contributed by atoms with Gasteiger partial charge in [-0.2, -0.15) is 0 Å². The van der Waals surface area contributed by atoms with E-state index in [0.29, 0.717) is 28.6 Å². The summed E-state index contributed by atoms with van der Waals surface area (Å²) >= 11 is 0. The Balaban J connectivity index is 0.000000464. The van der Waals surface area contributed by atoms with Gasteiger partial charge in [0.25, 0.3) is 0 Å². The first-order valence-electron chi connectivity index (χ1n) is 7.81. The molecule has 154 valence electrons. The first-order chi connectivity index (χ1) is 13.0. The molecule has 2 aromatic carbocycles. The summed E-state index contributed by atoms with van der Waals surface area (Å²) in [7, 11) is 4.13. The number of carboxylic acid groups (broad SMARTS) is 1. The summed E-state index contributed by atoms with van der Waals surface area (Å²) in [6.07, 6.45) is 0. The molecule has 8 nitrogen and oxygen atoms in total. The van der Waals surface area contributed by atoms with Crippen LogP contribution in [-0.4, -0.2) is 56.5 Å². The van der Waals surface area contributed by atoms with E-state index in [0.717, 1.165) is 7.11 Å². The van der Waals surface area contributed by atoms with Crippen LogP contribution in [0, 0.1) is 0 Å². The molecule has 1 aliphatic rings. The molecule has 0 bridgehead atoms. The van der Waals surface area contributed by atoms with Crippen molar-refractivity contribution in [2.45, 2.75) is 7.43 Å². The van der Waals surface area contributed by atoms with Crippen LogP contribution in [0.2, 0.25) is 0 Å². The van der Waals surface area contributed by atoms with Gasteiger partial charge in [-0.1, -0.05) is 7.43 Å². The van der Waals surface area contributed by atoms with Crippen LogP contribution in [0.5, 0.6) is 23.0 Å². The maximum atomic E-state index is 11.2. The fraction of sp³-hybridized carbons (Fsp3) is 0.300. The van der Waals surface area contributed by atoms with Crippen LogP contribution < -0.4 is 18.9 Å². The number of ether oxygens (including phenoxy) is 4. The fourth-order valence-electron chi connectivity index (χ4n) is 2.02. The predicted octanol–water partition coefficient (Wildman–Crippen LogP) is 2.67. The molecule has 2 N–H and O–H groups in total. The van der Waals surface area contributed by atoms with E-state index in [1.165, 1.54) is 0 Å². The lowest BCUT2D eigenvalue weighted by Crippen LogP contribution is -2.09. The number of benzene rings is 2. The van der Waals surface area contributed by atoms with Gasteiger partial charge in [-0.25, -0.2) is 4.79 Å². The summed E-state index contributed by atoms with van der Waals surface area (Å²) in [5, 5.41) is 15.3. The highest BCUT2D eigenvalue weighted by Crippen LogP contribution is 2.28. The van der Waals surface area contributed by atoms with E-state index >= 15 is 0 Å². The van der Waals surface area contributed by atoms with Crippen molar-refractivity contribution < 1.29 is 38.7 Å². The van der Waals surface area contributed by atoms with Crippen LogP contribution in [0.15, 0.2) is 42.5 Å². The van der Waals surface area contributed by atoms with Gasteiger partial charge in [-0.05, 0) is 42.5 Å². The van der Waals surface area contributed by atoms with Crippen LogP contribution >= 0.6 is 0 Å². The number of aliphatic hydroxyl groups excluding tert-OH is 1. The average Bonchev–Trinajstić information content (AvgIpc) is 3.09. The zero-order chi connectivity index (χ0) is 20.2. The lowest BCUT2D eigenvalue weighted by Gasteiger charge is -2.03. The Bertz CT molecular complexity index is 740. The quantitative estimate of drug-likeness (QED) is 0.796. The highest BCUT2D eigenvalue weighted by atomic mass is 16.5. The van der Waals surface area contributed by atoms with E-state index in [1.54, 1.807) is 56.7 Å². The first kappa shape index (κ1) is 24.7. The van der Waals surface area contributed by atoms with Gasteiger partial charge in [0.15, 0.2) is 13.2 Å². The number of rotatable bonds is 5. The molecule has 0 spiro atoms. The van der Waals surface area contributed by atoms with Crippen molar-refractivity contribution in [3.05, 3.63) is 48.0 Å². The number of carbonyl (C=O) groups is 2. The third-order valence-corrected chi connectivity index (χ3v) is 3.27. The number of aliphatic carboxylic acids is 1. The zero-order valence-electron chi connectivity index (χ0n) is 15.3. The summed E-state index contributed by atoms with van der Waals surface area (Å²) in [5.41, 5.74) is 0.620. The maximum absolute atomic E-state index is 11.2. The van der Waals surface area contributed by atoms with Crippen LogP contribution in [0.3, 0.4) is 0 Å². The average molecular weight is 394 g/mol. The maximum Gasteiger partial charge on any atom is 0.341 e. The second-order valence-electron chi connectivity index (χ2n) is 4.93. The van der Waals surface area contributed by atoms with Gasteiger partial charge in [-0.3, -0.25) is 4.79 Å². The Labute approximate surface area is 164 Å². The summed E-state index contributed by atoms with van der Waals surface area (Å²) < 4.78 is 19.9. The molecule has 0 atom stereocenters. The van der Waals surface area contributed by atoms with Gasteiger partial charge in [0, 0.05) is 7.11 Å². The van der Waals surface area contributed by atoms with Crippen LogP contribution in [-0.2, 0) is 4.79 Å². The number of Topliss-reactive ketones (excluding diaryl/α,β-unsaturated/α-hetero) is 1. The lowest BCUT2D eigenvalue weighted by molar-refractivity contribution is -0.139. The zero-order valence-corrected chi connectivity index (χ0v) is 15.3. The minimum atomic E-state index is -0.990. The minimum absolute atomic E-state index is 0. The highest BCUT2D eigenvalue weighted by Gasteiger charge is 2.21. The summed E-state index contributed by atoms with van der Waals surface area (Å²) in [5.74, 6) is 1.60. The Morgan fingerprint density at radius 3 is 2.07 bits per heavy atom. The van der Waals surface area contributed by atoms with E-state index in [1.807, 2.05) is 0 Å². The third-order valence-electron chi connectivity index (χ3n) is 3.27. The van der Waals surface area contributed by atoms with Crippen LogP contribution in [0.1, 0.15) is 17.8 Å². The van der Waals surface area contributed by atoms with E-state index in [9.17, 15) is 9.59 Å². The molecule has 3 rings (SSSR count). The number of fused-ring (bicyclic) bond motifs is 1. The van der Waals surface area contributed by atoms with Crippen molar-refractivity contribution >= 4 is 11.8 Å². The van der Waals surface area contributed by atoms with E-state index < -0.39 is 5.97 Å². The molecule has 0 aliphatic carbocycles. The van der Waals surface area contributed by atoms with Crippen molar-refractivity contribution in [3.63, 3.8) is 0 Å². The molecule has 2 aromatic rings. The molecule has 0 saturated carbocycles. The van der Waals surface area contributed by atoms with Gasteiger partial charge >= 0.3 is 5.97 Å². The molecule has 28 heavy (non-hydrogen) atoms. The highest BCUT2D eigenvalue weighted by molar-refractivity contribution is 6.02. The van der Waals surface area contributed by atoms with Gasteiger partial charge < -0.3 is 29.2 Å². The molecule has 0 unspecified atom stereocenters. The molecule has 0 amide bonds. The molecule has 1 aliphatic heterocycles. The van der Waals surface area contributed by atoms with Crippen molar-refractivity contribution in [1.82, 2.24) is 0 Å². The monoisotopic (exact) mass is 394 g/mol. The first-order valence-corrected chi connectivity index (χ1v) is 7.81. The number of ketones is 1. The second kappa shape index (κ2) is 13.0. The molecule has 1 heterocycles. The van der Waals surface area contributed by atoms with Crippen molar-refractivity contribution in [1.29, 1.82) is 0 Å². The Hall–Kier alpha value is -3.26. The predicted molar refractivity (Wildman–Crippen MR) is 104 cm³/mol. The van der Waals surface area contributed by atoms with E-state index in [-0.39, 0.29) is 26.4 Å². The van der Waals surface area contributed by atoms with Crippen molar-refractivity contribution in [3.8, 4) is 23.0 Å². The summed E-state index contributed by atoms with van der Waals surface area (Å²) in [6.45, 7) is -0.172. The van der Waals surface area contributed by atoms with Crippen LogP contribution in [0.25, 0.3) is 0 Å². The van der Waals surface area contributed by atoms with Gasteiger partial charge in [0.2, 0.25) is 5.78 Å². The minimum Gasteiger partial charge on any atom is -0.497 e. The standard InChI is InChI=1S/C9H10O4.C9H8O3.CH4O.CH4/c1-12-7-2-4-8(5-3-7)13-6-9(10)11;1-11-6-2-3-9-7(4-6)8(10)5-12-9;1-2;/h2-5H,6H2,1H3,(H,10,11);2-4H,5H2,1H3;2H,1H3;1H4. The number of hydrogen-bond donors (Lipinski definition) is 2. The molecule has 8 heteroatoms.